The topological polar surface area (TPSA) is 49.4 Å². The van der Waals surface area contributed by atoms with E-state index in [2.05, 4.69) is 5.32 Å². The van der Waals surface area contributed by atoms with Gasteiger partial charge in [0.25, 0.3) is 5.91 Å². The highest BCUT2D eigenvalue weighted by Gasteiger charge is 2.20. The molecule has 0 aromatic heterocycles. The van der Waals surface area contributed by atoms with E-state index < -0.39 is 0 Å². The summed E-state index contributed by atoms with van der Waals surface area (Å²) in [6, 6.07) is 14.8. The van der Waals surface area contributed by atoms with E-state index in [1.165, 1.54) is 0 Å². The Bertz CT molecular complexity index is 743. The minimum atomic E-state index is -0.125. The fourth-order valence-electron chi connectivity index (χ4n) is 2.79. The van der Waals surface area contributed by atoms with Crippen LogP contribution in [0.25, 0.3) is 0 Å². The van der Waals surface area contributed by atoms with Gasteiger partial charge in [-0.25, -0.2) is 0 Å². The van der Waals surface area contributed by atoms with Gasteiger partial charge in [-0.2, -0.15) is 0 Å². The van der Waals surface area contributed by atoms with Gasteiger partial charge in [-0.05, 0) is 41.8 Å². The molecule has 2 aromatic carbocycles. The average molecular weight is 343 g/mol. The first kappa shape index (κ1) is 16.5. The number of carbonyl (C=O) groups is 2. The smallest absolute Gasteiger partial charge is 0.251 e. The second kappa shape index (κ2) is 7.49. The van der Waals surface area contributed by atoms with Crippen LogP contribution >= 0.6 is 11.6 Å². The standard InChI is InChI=1S/C19H19ClN2O2/c20-17-8-6-14(7-9-17)12-21-19(24)16-4-1-3-15(11-16)13-22-10-2-5-18(22)23/h1,3-4,6-9,11H,2,5,10,12-13H2,(H,21,24). The van der Waals surface area contributed by atoms with Crippen molar-refractivity contribution in [3.8, 4) is 0 Å². The maximum absolute atomic E-state index is 12.3. The summed E-state index contributed by atoms with van der Waals surface area (Å²) < 4.78 is 0. The van der Waals surface area contributed by atoms with E-state index in [0.29, 0.717) is 30.1 Å². The van der Waals surface area contributed by atoms with Crippen molar-refractivity contribution in [2.45, 2.75) is 25.9 Å². The molecule has 0 spiro atoms. The number of nitrogens with zero attached hydrogens (tertiary/aromatic N) is 1. The van der Waals surface area contributed by atoms with Gasteiger partial charge >= 0.3 is 0 Å². The van der Waals surface area contributed by atoms with Crippen LogP contribution in [-0.2, 0) is 17.9 Å². The lowest BCUT2D eigenvalue weighted by molar-refractivity contribution is -0.128. The maximum atomic E-state index is 12.3. The van der Waals surface area contributed by atoms with E-state index >= 15 is 0 Å². The molecule has 1 N–H and O–H groups in total. The van der Waals surface area contributed by atoms with Gasteiger partial charge in [0.1, 0.15) is 0 Å². The number of nitrogens with one attached hydrogen (secondary N) is 1. The number of likely N-dealkylation sites (tertiary alicyclic amines) is 1. The Kier molecular flexibility index (Phi) is 5.16. The molecule has 1 aliphatic rings. The fraction of sp³-hybridized carbons (Fsp3) is 0.263. The van der Waals surface area contributed by atoms with Crippen molar-refractivity contribution in [1.82, 2.24) is 10.2 Å². The molecule has 4 nitrogen and oxygen atoms in total. The number of hydrogen-bond acceptors (Lipinski definition) is 2. The van der Waals surface area contributed by atoms with Crippen molar-refractivity contribution < 1.29 is 9.59 Å². The zero-order valence-electron chi connectivity index (χ0n) is 13.3. The lowest BCUT2D eigenvalue weighted by atomic mass is 10.1. The van der Waals surface area contributed by atoms with Crippen LogP contribution in [0.1, 0.15) is 34.3 Å². The predicted molar refractivity (Wildman–Crippen MR) is 93.7 cm³/mol. The van der Waals surface area contributed by atoms with Crippen molar-refractivity contribution in [2.75, 3.05) is 6.54 Å². The first-order valence-electron chi connectivity index (χ1n) is 8.01. The molecule has 0 bridgehead atoms. The van der Waals surface area contributed by atoms with E-state index in [-0.39, 0.29) is 11.8 Å². The molecule has 1 saturated heterocycles. The molecule has 1 aliphatic heterocycles. The lowest BCUT2D eigenvalue weighted by Gasteiger charge is -2.16. The van der Waals surface area contributed by atoms with Gasteiger partial charge in [0, 0.05) is 36.6 Å². The lowest BCUT2D eigenvalue weighted by Crippen LogP contribution is -2.25. The Morgan fingerprint density at radius 1 is 1.12 bits per heavy atom. The van der Waals surface area contributed by atoms with Crippen LogP contribution in [0.4, 0.5) is 0 Å². The number of benzene rings is 2. The second-order valence-corrected chi connectivity index (χ2v) is 6.36. The van der Waals surface area contributed by atoms with Gasteiger partial charge < -0.3 is 10.2 Å². The highest BCUT2D eigenvalue weighted by molar-refractivity contribution is 6.30. The molecule has 3 rings (SSSR count). The summed E-state index contributed by atoms with van der Waals surface area (Å²) in [6.07, 6.45) is 1.54. The molecule has 2 amide bonds. The Morgan fingerprint density at radius 2 is 1.92 bits per heavy atom. The molecule has 0 aliphatic carbocycles. The molecule has 1 fully saturated rings. The zero-order valence-corrected chi connectivity index (χ0v) is 14.1. The third kappa shape index (κ3) is 4.15. The quantitative estimate of drug-likeness (QED) is 0.905. The Morgan fingerprint density at radius 3 is 2.62 bits per heavy atom. The highest BCUT2D eigenvalue weighted by Crippen LogP contribution is 2.15. The Labute approximate surface area is 146 Å². The number of carbonyl (C=O) groups excluding carboxylic acids is 2. The molecule has 0 radical (unpaired) electrons. The van der Waals surface area contributed by atoms with E-state index in [1.807, 2.05) is 35.2 Å². The highest BCUT2D eigenvalue weighted by atomic mass is 35.5. The van der Waals surface area contributed by atoms with E-state index in [4.69, 9.17) is 11.6 Å². The predicted octanol–water partition coefficient (Wildman–Crippen LogP) is 3.39. The molecule has 5 heteroatoms. The van der Waals surface area contributed by atoms with E-state index in [9.17, 15) is 9.59 Å². The number of hydrogen-bond donors (Lipinski definition) is 1. The van der Waals surface area contributed by atoms with Crippen LogP contribution in [-0.4, -0.2) is 23.3 Å². The first-order chi connectivity index (χ1) is 11.6. The normalized spacial score (nSPS) is 14.0. The Balaban J connectivity index is 1.61. The van der Waals surface area contributed by atoms with Crippen LogP contribution in [0.2, 0.25) is 5.02 Å². The molecule has 0 unspecified atom stereocenters. The summed E-state index contributed by atoms with van der Waals surface area (Å²) >= 11 is 5.85. The van der Waals surface area contributed by atoms with Crippen molar-refractivity contribution in [1.29, 1.82) is 0 Å². The molecule has 1 heterocycles. The summed E-state index contributed by atoms with van der Waals surface area (Å²) in [4.78, 5) is 25.9. The third-order valence-corrected chi connectivity index (χ3v) is 4.35. The van der Waals surface area contributed by atoms with Crippen LogP contribution in [0.5, 0.6) is 0 Å². The minimum absolute atomic E-state index is 0.125. The largest absolute Gasteiger partial charge is 0.348 e. The molecule has 0 saturated carbocycles. The molecule has 24 heavy (non-hydrogen) atoms. The van der Waals surface area contributed by atoms with Crippen LogP contribution in [0, 0.1) is 0 Å². The van der Waals surface area contributed by atoms with Crippen molar-refractivity contribution in [3.63, 3.8) is 0 Å². The van der Waals surface area contributed by atoms with Crippen LogP contribution in [0.15, 0.2) is 48.5 Å². The molecular formula is C19H19ClN2O2. The van der Waals surface area contributed by atoms with Gasteiger partial charge in [-0.1, -0.05) is 35.9 Å². The minimum Gasteiger partial charge on any atom is -0.348 e. The molecular weight excluding hydrogens is 324 g/mol. The summed E-state index contributed by atoms with van der Waals surface area (Å²) in [5.41, 5.74) is 2.57. The van der Waals surface area contributed by atoms with Crippen molar-refractivity contribution in [3.05, 3.63) is 70.2 Å². The number of halogens is 1. The summed E-state index contributed by atoms with van der Waals surface area (Å²) in [7, 11) is 0. The average Bonchev–Trinajstić information content (AvgIpc) is 2.99. The Hall–Kier alpha value is -2.33. The number of amides is 2. The first-order valence-corrected chi connectivity index (χ1v) is 8.39. The van der Waals surface area contributed by atoms with Crippen LogP contribution < -0.4 is 5.32 Å². The summed E-state index contributed by atoms with van der Waals surface area (Å²) in [5.74, 6) is 0.0622. The third-order valence-electron chi connectivity index (χ3n) is 4.10. The second-order valence-electron chi connectivity index (χ2n) is 5.93. The van der Waals surface area contributed by atoms with Gasteiger partial charge in [0.05, 0.1) is 0 Å². The molecule has 124 valence electrons. The zero-order chi connectivity index (χ0) is 16.9. The van der Waals surface area contributed by atoms with E-state index in [0.717, 1.165) is 24.1 Å². The summed E-state index contributed by atoms with van der Waals surface area (Å²) in [5, 5.41) is 3.58. The number of rotatable bonds is 5. The van der Waals surface area contributed by atoms with Crippen molar-refractivity contribution >= 4 is 23.4 Å². The van der Waals surface area contributed by atoms with Gasteiger partial charge in [-0.15, -0.1) is 0 Å². The molecule has 2 aromatic rings. The van der Waals surface area contributed by atoms with Crippen molar-refractivity contribution in [2.24, 2.45) is 0 Å². The van der Waals surface area contributed by atoms with Gasteiger partial charge in [0.15, 0.2) is 0 Å². The fourth-order valence-corrected chi connectivity index (χ4v) is 2.92. The van der Waals surface area contributed by atoms with Gasteiger partial charge in [0.2, 0.25) is 5.91 Å². The molecule has 0 atom stereocenters. The maximum Gasteiger partial charge on any atom is 0.251 e. The van der Waals surface area contributed by atoms with Gasteiger partial charge in [-0.3, -0.25) is 9.59 Å². The van der Waals surface area contributed by atoms with E-state index in [1.54, 1.807) is 18.2 Å². The van der Waals surface area contributed by atoms with Crippen LogP contribution in [0.3, 0.4) is 0 Å². The summed E-state index contributed by atoms with van der Waals surface area (Å²) in [6.45, 7) is 1.81. The SMILES string of the molecule is O=C(NCc1ccc(Cl)cc1)c1cccc(CN2CCCC2=O)c1. The monoisotopic (exact) mass is 342 g/mol.